The van der Waals surface area contributed by atoms with Crippen molar-refractivity contribution in [2.45, 2.75) is 0 Å². The fourth-order valence-corrected chi connectivity index (χ4v) is 4.18. The quantitative estimate of drug-likeness (QED) is 0.322. The van der Waals surface area contributed by atoms with Crippen LogP contribution in [0.2, 0.25) is 0 Å². The summed E-state index contributed by atoms with van der Waals surface area (Å²) < 4.78 is 0. The van der Waals surface area contributed by atoms with Gasteiger partial charge >= 0.3 is 0 Å². The van der Waals surface area contributed by atoms with Crippen molar-refractivity contribution < 1.29 is 4.79 Å². The highest BCUT2D eigenvalue weighted by Gasteiger charge is 2.17. The summed E-state index contributed by atoms with van der Waals surface area (Å²) in [4.78, 5) is 39.6. The van der Waals surface area contributed by atoms with E-state index in [0.717, 1.165) is 33.1 Å². The van der Waals surface area contributed by atoms with Gasteiger partial charge in [0.2, 0.25) is 5.91 Å². The highest BCUT2D eigenvalue weighted by atomic mass is 16.2. The number of pyridine rings is 4. The van der Waals surface area contributed by atoms with Gasteiger partial charge in [0.15, 0.2) is 11.5 Å². The molecule has 0 atom stereocenters. The van der Waals surface area contributed by atoms with Gasteiger partial charge in [-0.25, -0.2) is 9.97 Å². The maximum atomic E-state index is 12.2. The van der Waals surface area contributed by atoms with Crippen LogP contribution in [0.1, 0.15) is 0 Å². The number of amides is 1. The molecule has 0 spiro atoms. The lowest BCUT2D eigenvalue weighted by atomic mass is 10.1. The molecule has 11 nitrogen and oxygen atoms in total. The minimum atomic E-state index is -0.117. The molecular weight excluding hydrogens is 468 g/mol. The molecule has 182 valence electrons. The lowest BCUT2D eigenvalue weighted by Gasteiger charge is -2.10. The number of hydrogen-bond acceptors (Lipinski definition) is 8. The number of hydrogen-bond donors (Lipinski definition) is 3. The van der Waals surface area contributed by atoms with E-state index in [2.05, 4.69) is 40.4 Å². The molecule has 0 bridgehead atoms. The molecule has 0 fully saturated rings. The van der Waals surface area contributed by atoms with E-state index in [0.29, 0.717) is 28.5 Å². The van der Waals surface area contributed by atoms with Gasteiger partial charge in [-0.3, -0.25) is 24.8 Å². The van der Waals surface area contributed by atoms with Crippen LogP contribution < -0.4 is 5.32 Å². The van der Waals surface area contributed by atoms with Gasteiger partial charge in [-0.1, -0.05) is 6.07 Å². The Bertz CT molecular complexity index is 1740. The number of anilines is 1. The fourth-order valence-electron chi connectivity index (χ4n) is 4.18. The smallest absolute Gasteiger partial charge is 0.238 e. The number of rotatable bonds is 6. The topological polar surface area (TPSA) is 141 Å². The fraction of sp³-hybridized carbons (Fsp3) is 0.115. The summed E-state index contributed by atoms with van der Waals surface area (Å²) in [6.07, 6.45) is 10.3. The molecule has 6 rings (SSSR count). The number of likely N-dealkylation sites (N-methyl/N-ethyl adjacent to an activating group) is 1. The SMILES string of the molecule is CN(C)CC(=O)Nc1cncc(-c2cc3c(-c4nc5nccc(-c6cccnc6)c5[nH]4)n[nH]c3cn2)c1. The molecule has 11 heteroatoms. The van der Waals surface area contributed by atoms with E-state index in [-0.39, 0.29) is 12.5 Å². The third kappa shape index (κ3) is 4.39. The molecule has 37 heavy (non-hydrogen) atoms. The summed E-state index contributed by atoms with van der Waals surface area (Å²) in [5, 5.41) is 11.3. The van der Waals surface area contributed by atoms with Crippen molar-refractivity contribution in [1.82, 2.24) is 45.0 Å². The van der Waals surface area contributed by atoms with E-state index in [1.807, 2.05) is 50.6 Å². The van der Waals surface area contributed by atoms with E-state index in [4.69, 9.17) is 4.98 Å². The molecule has 0 aromatic carbocycles. The van der Waals surface area contributed by atoms with E-state index in [1.165, 1.54) is 0 Å². The van der Waals surface area contributed by atoms with E-state index >= 15 is 0 Å². The number of carbonyl (C=O) groups excluding carboxylic acids is 1. The van der Waals surface area contributed by atoms with Crippen LogP contribution in [-0.2, 0) is 4.79 Å². The minimum absolute atomic E-state index is 0.117. The Kier molecular flexibility index (Phi) is 5.58. The second-order valence-corrected chi connectivity index (χ2v) is 8.82. The summed E-state index contributed by atoms with van der Waals surface area (Å²) >= 11 is 0. The first-order valence-corrected chi connectivity index (χ1v) is 11.5. The Morgan fingerprint density at radius 2 is 1.89 bits per heavy atom. The van der Waals surface area contributed by atoms with Gasteiger partial charge < -0.3 is 15.2 Å². The molecule has 6 heterocycles. The van der Waals surface area contributed by atoms with Crippen LogP contribution in [0.4, 0.5) is 5.69 Å². The third-order valence-electron chi connectivity index (χ3n) is 5.81. The lowest BCUT2D eigenvalue weighted by molar-refractivity contribution is -0.116. The molecule has 6 aromatic heterocycles. The Hall–Kier alpha value is -5.03. The highest BCUT2D eigenvalue weighted by molar-refractivity contribution is 5.97. The molecule has 3 N–H and O–H groups in total. The van der Waals surface area contributed by atoms with Crippen molar-refractivity contribution in [3.05, 3.63) is 67.5 Å². The monoisotopic (exact) mass is 490 g/mol. The number of nitrogens with zero attached hydrogens (tertiary/aromatic N) is 7. The van der Waals surface area contributed by atoms with Crippen molar-refractivity contribution in [2.24, 2.45) is 0 Å². The van der Waals surface area contributed by atoms with Crippen molar-refractivity contribution in [1.29, 1.82) is 0 Å². The second-order valence-electron chi connectivity index (χ2n) is 8.82. The molecule has 0 aliphatic rings. The van der Waals surface area contributed by atoms with Gasteiger partial charge in [0.1, 0.15) is 5.69 Å². The first-order chi connectivity index (χ1) is 18.0. The second kappa shape index (κ2) is 9.21. The molecular formula is C26H22N10O. The van der Waals surface area contributed by atoms with Gasteiger partial charge in [-0.15, -0.1) is 0 Å². The highest BCUT2D eigenvalue weighted by Crippen LogP contribution is 2.31. The predicted octanol–water partition coefficient (Wildman–Crippen LogP) is 3.52. The zero-order valence-corrected chi connectivity index (χ0v) is 20.1. The summed E-state index contributed by atoms with van der Waals surface area (Å²) in [6.45, 7) is 0.279. The van der Waals surface area contributed by atoms with E-state index in [9.17, 15) is 4.79 Å². The van der Waals surface area contributed by atoms with Crippen LogP contribution in [0.3, 0.4) is 0 Å². The number of fused-ring (bicyclic) bond motifs is 2. The van der Waals surface area contributed by atoms with E-state index < -0.39 is 0 Å². The van der Waals surface area contributed by atoms with Crippen LogP contribution in [-0.4, -0.2) is 71.5 Å². The largest absolute Gasteiger partial charge is 0.335 e. The first kappa shape index (κ1) is 22.4. The molecule has 0 aliphatic carbocycles. The number of carbonyl (C=O) groups is 1. The molecule has 0 aliphatic heterocycles. The zero-order chi connectivity index (χ0) is 25.4. The molecule has 0 saturated carbocycles. The number of nitrogens with one attached hydrogen (secondary N) is 3. The third-order valence-corrected chi connectivity index (χ3v) is 5.81. The van der Waals surface area contributed by atoms with Crippen molar-refractivity contribution in [2.75, 3.05) is 26.0 Å². The summed E-state index contributed by atoms with van der Waals surface area (Å²) in [5.74, 6) is 0.471. The number of imidazole rings is 1. The van der Waals surface area contributed by atoms with Crippen molar-refractivity contribution in [3.63, 3.8) is 0 Å². The average molecular weight is 491 g/mol. The van der Waals surface area contributed by atoms with Crippen LogP contribution in [0, 0.1) is 0 Å². The normalized spacial score (nSPS) is 11.4. The Balaban J connectivity index is 1.38. The lowest BCUT2D eigenvalue weighted by Crippen LogP contribution is -2.27. The van der Waals surface area contributed by atoms with Gasteiger partial charge in [-0.05, 0) is 38.4 Å². The molecule has 1 amide bonds. The Labute approximate surface area is 211 Å². The molecule has 0 saturated heterocycles. The Morgan fingerprint density at radius 1 is 1.00 bits per heavy atom. The first-order valence-electron chi connectivity index (χ1n) is 11.5. The maximum Gasteiger partial charge on any atom is 0.238 e. The minimum Gasteiger partial charge on any atom is -0.335 e. The summed E-state index contributed by atoms with van der Waals surface area (Å²) in [6, 6.07) is 9.60. The molecule has 0 unspecified atom stereocenters. The van der Waals surface area contributed by atoms with Crippen LogP contribution in [0.5, 0.6) is 0 Å². The number of aromatic amines is 2. The Morgan fingerprint density at radius 3 is 2.73 bits per heavy atom. The number of aromatic nitrogens is 8. The van der Waals surface area contributed by atoms with Crippen LogP contribution >= 0.6 is 0 Å². The molecule has 0 radical (unpaired) electrons. The summed E-state index contributed by atoms with van der Waals surface area (Å²) in [7, 11) is 3.68. The predicted molar refractivity (Wildman–Crippen MR) is 140 cm³/mol. The summed E-state index contributed by atoms with van der Waals surface area (Å²) in [5.41, 5.74) is 6.80. The van der Waals surface area contributed by atoms with E-state index in [1.54, 1.807) is 35.9 Å². The number of H-pyrrole nitrogens is 2. The standard InChI is InChI=1S/C26H22N10O/c1-36(2)14-22(37)31-17-8-16(11-28-12-17)20-9-19-21(13-30-20)34-35-24(19)26-32-23-18(5-7-29-25(23)33-26)15-4-3-6-27-10-15/h3-13H,14H2,1-2H3,(H,31,37)(H,34,35)(H,29,32,33). The van der Waals surface area contributed by atoms with Crippen LogP contribution in [0.25, 0.3) is 56.0 Å². The van der Waals surface area contributed by atoms with Gasteiger partial charge in [0.05, 0.1) is 41.4 Å². The van der Waals surface area contributed by atoms with Gasteiger partial charge in [0.25, 0.3) is 0 Å². The van der Waals surface area contributed by atoms with Crippen molar-refractivity contribution >= 4 is 33.7 Å². The van der Waals surface area contributed by atoms with Crippen LogP contribution in [0.15, 0.2) is 67.5 Å². The van der Waals surface area contributed by atoms with Gasteiger partial charge in [-0.2, -0.15) is 5.10 Å². The maximum absolute atomic E-state index is 12.2. The van der Waals surface area contributed by atoms with Gasteiger partial charge in [0, 0.05) is 46.9 Å². The molecule has 6 aromatic rings. The van der Waals surface area contributed by atoms with Crippen molar-refractivity contribution in [3.8, 4) is 33.9 Å². The zero-order valence-electron chi connectivity index (χ0n) is 20.1. The average Bonchev–Trinajstić information content (AvgIpc) is 3.52.